The summed E-state index contributed by atoms with van der Waals surface area (Å²) in [5.74, 6) is 0.983. The smallest absolute Gasteiger partial charge is 0.365 e. The summed E-state index contributed by atoms with van der Waals surface area (Å²) in [7, 11) is 0. The number of halogens is 8. The molecule has 0 aliphatic heterocycles. The van der Waals surface area contributed by atoms with Crippen LogP contribution in [0.3, 0.4) is 0 Å². The number of carbonyl (C=O) groups is 2. The highest BCUT2D eigenvalue weighted by Gasteiger charge is 2.08. The third-order valence-corrected chi connectivity index (χ3v) is 7.25. The molecule has 0 saturated heterocycles. The predicted molar refractivity (Wildman–Crippen MR) is 204 cm³/mol. The summed E-state index contributed by atoms with van der Waals surface area (Å²) >= 11 is 35.8. The standard InChI is InChI=1S/C9H8BrClN2O2.C9H6BrClN2O.C7H4BrClO.C2H5ClN2O.C2H2ClN/c10-7-3-1-6(2-4-7)9(14)15-13-8(12)5-11;10-7-3-1-6(2-4-7)9-12-8(5-11)13-14-9;8-6-3-1-5(2-4-6)7(9)10;3-1-2(4)5-6;3-1-2-4/h1-4H,5H2,(H2,12,13);1-4H,5H2;1-4H;6H,1H2,(H2,4,5);1H2. The monoisotopic (exact) mass is 963 g/mol. The fraction of sp³-hybridized carbons (Fsp3) is 0.138. The van der Waals surface area contributed by atoms with Crippen molar-refractivity contribution in [2.75, 3.05) is 17.6 Å². The number of amidine groups is 2. The summed E-state index contributed by atoms with van der Waals surface area (Å²) in [5, 5.41) is 24.4. The Morgan fingerprint density at radius 1 is 0.837 bits per heavy atom. The number of carbonyl (C=O) groups excluding carboxylic acids is 2. The normalized spacial score (nSPS) is 10.2. The molecule has 0 fully saturated rings. The molecular formula is C29H25Br3Cl5N7O5. The number of nitriles is 1. The maximum Gasteiger partial charge on any atom is 0.365 e. The van der Waals surface area contributed by atoms with Crippen molar-refractivity contribution >= 4 is 129 Å². The van der Waals surface area contributed by atoms with Gasteiger partial charge in [0.15, 0.2) is 17.5 Å². The predicted octanol–water partition coefficient (Wildman–Crippen LogP) is 8.90. The SMILES string of the molecule is ClCc1noc(-c2ccc(Br)cc2)n1.N#CCCl.NC(CCl)=NO.NC(CCl)=NOC(=O)c1ccc(Br)cc1.O=C(Cl)c1ccc(Br)cc1. The molecule has 4 rings (SSSR count). The largest absolute Gasteiger partial charge is 0.409 e. The van der Waals surface area contributed by atoms with E-state index in [1.165, 1.54) is 0 Å². The number of oxime groups is 2. The lowest BCUT2D eigenvalue weighted by Gasteiger charge is -1.98. The van der Waals surface area contributed by atoms with Crippen LogP contribution >= 0.6 is 106 Å². The van der Waals surface area contributed by atoms with Crippen LogP contribution in [-0.2, 0) is 10.7 Å². The van der Waals surface area contributed by atoms with Crippen LogP contribution < -0.4 is 11.5 Å². The fourth-order valence-electron chi connectivity index (χ4n) is 2.39. The molecule has 12 nitrogen and oxygen atoms in total. The van der Waals surface area contributed by atoms with Crippen LogP contribution in [0.15, 0.2) is 101 Å². The Hall–Kier alpha value is -2.94. The topological polar surface area (TPSA) is 203 Å². The van der Waals surface area contributed by atoms with Crippen molar-refractivity contribution in [1.29, 1.82) is 5.26 Å². The Morgan fingerprint density at radius 3 is 1.63 bits per heavy atom. The molecule has 0 atom stereocenters. The summed E-state index contributed by atoms with van der Waals surface area (Å²) < 4.78 is 7.85. The Labute approximate surface area is 331 Å². The van der Waals surface area contributed by atoms with Crippen molar-refractivity contribution in [3.63, 3.8) is 0 Å². The Morgan fingerprint density at radius 2 is 1.29 bits per heavy atom. The second kappa shape index (κ2) is 27.8. The van der Waals surface area contributed by atoms with E-state index in [1.54, 1.807) is 54.6 Å². The van der Waals surface area contributed by atoms with E-state index in [2.05, 4.69) is 73.1 Å². The van der Waals surface area contributed by atoms with E-state index in [-0.39, 0.29) is 35.2 Å². The molecule has 0 aliphatic carbocycles. The van der Waals surface area contributed by atoms with Crippen LogP contribution in [-0.4, -0.2) is 55.9 Å². The number of nitrogens with two attached hydrogens (primary N) is 2. The second-order valence-electron chi connectivity index (χ2n) is 8.06. The number of hydrogen-bond acceptors (Lipinski definition) is 10. The molecule has 0 unspecified atom stereocenters. The number of benzene rings is 3. The lowest BCUT2D eigenvalue weighted by atomic mass is 10.2. The minimum Gasteiger partial charge on any atom is -0.409 e. The number of aromatic nitrogens is 2. The number of rotatable bonds is 7. The molecule has 262 valence electrons. The number of alkyl halides is 4. The Balaban J connectivity index is 0.000000628. The first kappa shape index (κ1) is 46.1. The van der Waals surface area contributed by atoms with Crippen molar-refractivity contribution in [1.82, 2.24) is 10.1 Å². The summed E-state index contributed by atoms with van der Waals surface area (Å²) in [5.41, 5.74) is 11.9. The maximum atomic E-state index is 11.3. The van der Waals surface area contributed by atoms with Crippen molar-refractivity contribution in [3.8, 4) is 17.5 Å². The van der Waals surface area contributed by atoms with E-state index >= 15 is 0 Å². The van der Waals surface area contributed by atoms with Gasteiger partial charge in [-0.1, -0.05) is 63.3 Å². The third kappa shape index (κ3) is 21.7. The molecule has 1 heterocycles. The highest BCUT2D eigenvalue weighted by atomic mass is 79.9. The van der Waals surface area contributed by atoms with E-state index in [9.17, 15) is 9.59 Å². The molecule has 0 aliphatic rings. The summed E-state index contributed by atoms with van der Waals surface area (Å²) in [6, 6.07) is 22.9. The fourth-order valence-corrected chi connectivity index (χ4v) is 3.52. The first-order valence-corrected chi connectivity index (χ1v) is 17.6. The van der Waals surface area contributed by atoms with Crippen LogP contribution in [0, 0.1) is 11.3 Å². The molecular weight excluding hydrogens is 943 g/mol. The van der Waals surface area contributed by atoms with E-state index in [0.717, 1.165) is 19.0 Å². The molecule has 0 saturated carbocycles. The van der Waals surface area contributed by atoms with Gasteiger partial charge in [0.25, 0.3) is 11.1 Å². The van der Waals surface area contributed by atoms with Crippen LogP contribution in [0.5, 0.6) is 0 Å². The van der Waals surface area contributed by atoms with Gasteiger partial charge in [0, 0.05) is 24.5 Å². The first-order chi connectivity index (χ1) is 23.3. The van der Waals surface area contributed by atoms with E-state index in [0.29, 0.717) is 22.8 Å². The van der Waals surface area contributed by atoms with Crippen molar-refractivity contribution in [2.45, 2.75) is 5.88 Å². The van der Waals surface area contributed by atoms with Gasteiger partial charge in [0.05, 0.1) is 29.3 Å². The van der Waals surface area contributed by atoms with Gasteiger partial charge in [-0.15, -0.1) is 46.4 Å². The minimum atomic E-state index is -0.574. The maximum absolute atomic E-state index is 11.3. The van der Waals surface area contributed by atoms with Crippen molar-refractivity contribution in [2.24, 2.45) is 21.8 Å². The van der Waals surface area contributed by atoms with Crippen LogP contribution in [0.2, 0.25) is 0 Å². The van der Waals surface area contributed by atoms with Gasteiger partial charge in [-0.2, -0.15) is 10.2 Å². The average molecular weight is 969 g/mol. The molecule has 0 amide bonds. The molecule has 1 aromatic heterocycles. The van der Waals surface area contributed by atoms with Crippen LogP contribution in [0.4, 0.5) is 0 Å². The van der Waals surface area contributed by atoms with Gasteiger partial charge in [0.1, 0.15) is 5.88 Å². The van der Waals surface area contributed by atoms with Gasteiger partial charge in [-0.25, -0.2) is 4.79 Å². The highest BCUT2D eigenvalue weighted by molar-refractivity contribution is 9.11. The molecule has 0 bridgehead atoms. The highest BCUT2D eigenvalue weighted by Crippen LogP contribution is 2.20. The van der Waals surface area contributed by atoms with Crippen LogP contribution in [0.1, 0.15) is 26.5 Å². The second-order valence-corrected chi connectivity index (χ2v) is 12.2. The van der Waals surface area contributed by atoms with E-state index < -0.39 is 11.2 Å². The molecule has 4 aromatic rings. The molecule has 5 N–H and O–H groups in total. The molecule has 0 radical (unpaired) electrons. The van der Waals surface area contributed by atoms with E-state index in [4.69, 9.17) is 84.5 Å². The third-order valence-electron chi connectivity index (χ3n) is 4.54. The van der Waals surface area contributed by atoms with Crippen molar-refractivity contribution in [3.05, 3.63) is 103 Å². The minimum absolute atomic E-state index is 0.0214. The molecule has 20 heteroatoms. The Kier molecular flexibility index (Phi) is 26.2. The number of nitrogens with zero attached hydrogens (tertiary/aromatic N) is 5. The Bertz CT molecular complexity index is 1660. The van der Waals surface area contributed by atoms with Gasteiger partial charge >= 0.3 is 5.97 Å². The first-order valence-electron chi connectivity index (χ1n) is 12.8. The average Bonchev–Trinajstić information content (AvgIpc) is 3.61. The molecule has 0 spiro atoms. The zero-order valence-electron chi connectivity index (χ0n) is 24.8. The van der Waals surface area contributed by atoms with Gasteiger partial charge in [-0.3, -0.25) is 4.79 Å². The van der Waals surface area contributed by atoms with Crippen molar-refractivity contribution < 1.29 is 24.2 Å². The van der Waals surface area contributed by atoms with Gasteiger partial charge in [0.2, 0.25) is 0 Å². The summed E-state index contributed by atoms with van der Waals surface area (Å²) in [4.78, 5) is 30.5. The van der Waals surface area contributed by atoms with Gasteiger partial charge in [-0.05, 0) is 84.4 Å². The quantitative estimate of drug-likeness (QED) is 0.0305. The number of hydrogen-bond donors (Lipinski definition) is 3. The van der Waals surface area contributed by atoms with Gasteiger partial charge < -0.3 is 26.0 Å². The van der Waals surface area contributed by atoms with E-state index in [1.807, 2.05) is 24.3 Å². The summed E-state index contributed by atoms with van der Waals surface area (Å²) in [6.07, 6.45) is 0. The zero-order chi connectivity index (χ0) is 37.2. The molecule has 3 aromatic carbocycles. The molecule has 49 heavy (non-hydrogen) atoms. The zero-order valence-corrected chi connectivity index (χ0v) is 33.3. The summed E-state index contributed by atoms with van der Waals surface area (Å²) in [6.45, 7) is 0. The lowest BCUT2D eigenvalue weighted by Crippen LogP contribution is -2.15. The van der Waals surface area contributed by atoms with Crippen LogP contribution in [0.25, 0.3) is 11.5 Å². The lowest BCUT2D eigenvalue weighted by molar-refractivity contribution is 0.0515.